The second-order valence-corrected chi connectivity index (χ2v) is 8.99. The molecule has 3 rings (SSSR count). The topological polar surface area (TPSA) is 83.0 Å². The molecule has 8 heteroatoms. The molecule has 1 N–H and O–H groups in total. The van der Waals surface area contributed by atoms with Gasteiger partial charge in [0.15, 0.2) is 5.03 Å². The van der Waals surface area contributed by atoms with E-state index in [1.165, 1.54) is 16.6 Å². The molecule has 2 aliphatic heterocycles. The lowest BCUT2D eigenvalue weighted by Gasteiger charge is -2.31. The highest BCUT2D eigenvalue weighted by atomic mass is 32.2. The van der Waals surface area contributed by atoms with Crippen molar-refractivity contribution in [1.82, 2.24) is 14.2 Å². The van der Waals surface area contributed by atoms with Crippen LogP contribution in [0.15, 0.2) is 40.6 Å². The van der Waals surface area contributed by atoms with Crippen molar-refractivity contribution in [2.45, 2.75) is 37.8 Å². The lowest BCUT2D eigenvalue weighted by Crippen LogP contribution is -2.43. The van der Waals surface area contributed by atoms with Crippen LogP contribution in [0.25, 0.3) is 0 Å². The third-order valence-electron chi connectivity index (χ3n) is 4.04. The first-order chi connectivity index (χ1) is 11.2. The Kier molecular flexibility index (Phi) is 4.52. The molecule has 24 heavy (non-hydrogen) atoms. The van der Waals surface area contributed by atoms with Gasteiger partial charge in [0.25, 0.3) is 10.0 Å². The summed E-state index contributed by atoms with van der Waals surface area (Å²) < 4.78 is 32.2. The molecule has 132 valence electrons. The number of rotatable bonds is 4. The minimum absolute atomic E-state index is 0.0686. The smallest absolute Gasteiger partial charge is 0.261 e. The summed E-state index contributed by atoms with van der Waals surface area (Å²) in [5.74, 6) is 0. The lowest BCUT2D eigenvalue weighted by molar-refractivity contribution is -0.233. The molecule has 1 aromatic rings. The Morgan fingerprint density at radius 2 is 1.79 bits per heavy atom. The fraction of sp³-hybridized carbons (Fsp3) is 0.562. The molecule has 7 nitrogen and oxygen atoms in total. The summed E-state index contributed by atoms with van der Waals surface area (Å²) >= 11 is 0. The minimum Gasteiger partial charge on any atom is -0.356 e. The first-order valence-electron chi connectivity index (χ1n) is 7.88. The Balaban J connectivity index is 1.64. The quantitative estimate of drug-likeness (QED) is 0.636. The first kappa shape index (κ1) is 17.5. The number of aliphatic hydroxyl groups is 1. The van der Waals surface area contributed by atoms with Crippen LogP contribution in [0.3, 0.4) is 0 Å². The highest BCUT2D eigenvalue weighted by molar-refractivity contribution is 7.89. The molecule has 1 unspecified atom stereocenters. The summed E-state index contributed by atoms with van der Waals surface area (Å²) in [6, 6.07) is 4.86. The van der Waals surface area contributed by atoms with Crippen molar-refractivity contribution in [3.05, 3.63) is 35.5 Å². The third kappa shape index (κ3) is 3.52. The molecule has 0 saturated carbocycles. The molecule has 0 saturated heterocycles. The van der Waals surface area contributed by atoms with E-state index in [4.69, 9.17) is 4.74 Å². The van der Waals surface area contributed by atoms with Crippen molar-refractivity contribution < 1.29 is 18.3 Å². The number of nitrogens with zero attached hydrogens (tertiary/aromatic N) is 3. The molecular formula is C16H23N3O4S. The summed E-state index contributed by atoms with van der Waals surface area (Å²) in [5, 5.41) is 10.2. The van der Waals surface area contributed by atoms with E-state index in [1.807, 2.05) is 20.8 Å². The molecule has 0 radical (unpaired) electrons. The van der Waals surface area contributed by atoms with E-state index in [-0.39, 0.29) is 5.03 Å². The fourth-order valence-electron chi connectivity index (χ4n) is 2.92. The third-order valence-corrected chi connectivity index (χ3v) is 5.74. The largest absolute Gasteiger partial charge is 0.356 e. The Bertz CT molecular complexity index is 722. The number of pyridine rings is 1. The average Bonchev–Trinajstić information content (AvgIpc) is 3.05. The second-order valence-electron chi connectivity index (χ2n) is 7.11. The van der Waals surface area contributed by atoms with Gasteiger partial charge in [0.2, 0.25) is 6.41 Å². The van der Waals surface area contributed by atoms with Gasteiger partial charge >= 0.3 is 0 Å². The molecule has 0 spiro atoms. The molecule has 0 aliphatic carbocycles. The van der Waals surface area contributed by atoms with Gasteiger partial charge in [0.05, 0.1) is 5.60 Å². The second kappa shape index (κ2) is 6.20. The summed E-state index contributed by atoms with van der Waals surface area (Å²) in [6.45, 7) is 7.36. The molecule has 0 aromatic carbocycles. The number of ether oxygens (including phenoxy) is 1. The van der Waals surface area contributed by atoms with Gasteiger partial charge in [-0.2, -0.15) is 4.31 Å². The van der Waals surface area contributed by atoms with Gasteiger partial charge in [-0.15, -0.1) is 0 Å². The van der Waals surface area contributed by atoms with Crippen LogP contribution in [0.4, 0.5) is 0 Å². The standard InChI is InChI=1S/C16H23N3O4S/c1-16(2,3)23-15(20)18-8-12-10-19(11-13(12)9-18)24(21,22)14-6-4-5-7-17-14/h4-7,15,20H,8-11H2,1-3H3. The normalized spacial score (nSPS) is 21.3. The van der Waals surface area contributed by atoms with Crippen LogP contribution in [0.2, 0.25) is 0 Å². The molecule has 0 fully saturated rings. The van der Waals surface area contributed by atoms with E-state index in [0.29, 0.717) is 26.2 Å². The molecule has 2 aliphatic rings. The van der Waals surface area contributed by atoms with Gasteiger partial charge < -0.3 is 9.84 Å². The van der Waals surface area contributed by atoms with E-state index in [9.17, 15) is 13.5 Å². The molecule has 1 atom stereocenters. The predicted octanol–water partition coefficient (Wildman–Crippen LogP) is 0.789. The molecule has 3 heterocycles. The highest BCUT2D eigenvalue weighted by Gasteiger charge is 2.39. The fourth-order valence-corrected chi connectivity index (χ4v) is 4.28. The van der Waals surface area contributed by atoms with Gasteiger partial charge in [0.1, 0.15) is 0 Å². The lowest BCUT2D eigenvalue weighted by atomic mass is 10.2. The van der Waals surface area contributed by atoms with Crippen molar-refractivity contribution in [2.75, 3.05) is 26.2 Å². The molecule has 0 bridgehead atoms. The van der Waals surface area contributed by atoms with Crippen molar-refractivity contribution in [2.24, 2.45) is 0 Å². The van der Waals surface area contributed by atoms with Crippen LogP contribution in [-0.4, -0.2) is 65.9 Å². The Morgan fingerprint density at radius 1 is 1.17 bits per heavy atom. The number of aliphatic hydroxyl groups excluding tert-OH is 1. The van der Waals surface area contributed by atoms with E-state index >= 15 is 0 Å². The monoisotopic (exact) mass is 353 g/mol. The maximum absolute atomic E-state index is 12.6. The van der Waals surface area contributed by atoms with Gasteiger partial charge in [-0.25, -0.2) is 18.3 Å². The number of aromatic nitrogens is 1. The van der Waals surface area contributed by atoms with Crippen LogP contribution >= 0.6 is 0 Å². The van der Waals surface area contributed by atoms with E-state index in [2.05, 4.69) is 4.98 Å². The van der Waals surface area contributed by atoms with Crippen LogP contribution in [0.5, 0.6) is 0 Å². The van der Waals surface area contributed by atoms with Gasteiger partial charge in [-0.05, 0) is 44.1 Å². The number of hydrogen-bond donors (Lipinski definition) is 1. The van der Waals surface area contributed by atoms with Crippen LogP contribution in [0.1, 0.15) is 20.8 Å². The summed E-state index contributed by atoms with van der Waals surface area (Å²) in [5.41, 5.74) is 1.62. The predicted molar refractivity (Wildman–Crippen MR) is 88.4 cm³/mol. The van der Waals surface area contributed by atoms with Crippen molar-refractivity contribution >= 4 is 10.0 Å². The molecular weight excluding hydrogens is 330 g/mol. The maximum atomic E-state index is 12.6. The Morgan fingerprint density at radius 3 is 2.29 bits per heavy atom. The van der Waals surface area contributed by atoms with E-state index < -0.39 is 22.0 Å². The summed E-state index contributed by atoms with van der Waals surface area (Å²) in [6.07, 6.45) is 0.489. The first-order valence-corrected chi connectivity index (χ1v) is 9.32. The van der Waals surface area contributed by atoms with Crippen molar-refractivity contribution in [3.8, 4) is 0 Å². The average molecular weight is 353 g/mol. The van der Waals surface area contributed by atoms with Crippen LogP contribution in [-0.2, 0) is 14.8 Å². The van der Waals surface area contributed by atoms with Crippen molar-refractivity contribution in [3.63, 3.8) is 0 Å². The van der Waals surface area contributed by atoms with Crippen LogP contribution in [0, 0.1) is 0 Å². The number of hydrogen-bond acceptors (Lipinski definition) is 6. The van der Waals surface area contributed by atoms with Crippen LogP contribution < -0.4 is 0 Å². The van der Waals surface area contributed by atoms with Gasteiger partial charge in [-0.1, -0.05) is 6.07 Å². The minimum atomic E-state index is -3.58. The molecule has 0 amide bonds. The number of sulfonamides is 1. The van der Waals surface area contributed by atoms with E-state index in [1.54, 1.807) is 17.0 Å². The van der Waals surface area contributed by atoms with Gasteiger partial charge in [-0.3, -0.25) is 0 Å². The maximum Gasteiger partial charge on any atom is 0.261 e. The zero-order valence-corrected chi connectivity index (χ0v) is 15.0. The highest BCUT2D eigenvalue weighted by Crippen LogP contribution is 2.30. The zero-order chi connectivity index (χ0) is 17.5. The Labute approximate surface area is 142 Å². The zero-order valence-electron chi connectivity index (χ0n) is 14.1. The van der Waals surface area contributed by atoms with Crippen molar-refractivity contribution in [1.29, 1.82) is 0 Å². The Hall–Kier alpha value is -1.32. The van der Waals surface area contributed by atoms with Gasteiger partial charge in [0, 0.05) is 32.4 Å². The van der Waals surface area contributed by atoms with E-state index in [0.717, 1.165) is 11.1 Å². The summed E-state index contributed by atoms with van der Waals surface area (Å²) in [7, 11) is -3.58. The SMILES string of the molecule is CC(C)(C)OC(O)N1CC2=C(C1)CN(S(=O)(=O)c1ccccn1)C2. The summed E-state index contributed by atoms with van der Waals surface area (Å²) in [4.78, 5) is 5.76. The molecule has 1 aromatic heterocycles.